The third kappa shape index (κ3) is 2.71. The van der Waals surface area contributed by atoms with Crippen molar-refractivity contribution in [3.05, 3.63) is 35.6 Å². The Kier molecular flexibility index (Phi) is 3.75. The van der Waals surface area contributed by atoms with E-state index in [1.54, 1.807) is 28.9 Å². The lowest BCUT2D eigenvalue weighted by molar-refractivity contribution is 0.0546. The first kappa shape index (κ1) is 13.2. The van der Waals surface area contributed by atoms with Crippen LogP contribution in [0.3, 0.4) is 0 Å². The fraction of sp³-hybridized carbons (Fsp3) is 0.357. The van der Waals surface area contributed by atoms with Crippen LogP contribution in [0.5, 0.6) is 0 Å². The van der Waals surface area contributed by atoms with E-state index in [1.807, 2.05) is 6.07 Å². The van der Waals surface area contributed by atoms with Crippen molar-refractivity contribution in [3.63, 3.8) is 0 Å². The lowest BCUT2D eigenvalue weighted by Crippen LogP contribution is -2.40. The van der Waals surface area contributed by atoms with Crippen LogP contribution in [0.15, 0.2) is 30.0 Å². The van der Waals surface area contributed by atoms with E-state index in [4.69, 9.17) is 0 Å². The van der Waals surface area contributed by atoms with Crippen LogP contribution in [0.4, 0.5) is 0 Å². The zero-order valence-corrected chi connectivity index (χ0v) is 11.7. The number of nitrogens with zero attached hydrogens (tertiary/aromatic N) is 3. The van der Waals surface area contributed by atoms with Crippen molar-refractivity contribution >= 4 is 17.2 Å². The van der Waals surface area contributed by atoms with Crippen molar-refractivity contribution in [2.45, 2.75) is 18.9 Å². The number of piperidine rings is 1. The van der Waals surface area contributed by atoms with E-state index >= 15 is 0 Å². The van der Waals surface area contributed by atoms with Crippen molar-refractivity contribution in [1.29, 1.82) is 0 Å². The molecule has 0 unspecified atom stereocenters. The first-order valence-corrected chi connectivity index (χ1v) is 7.44. The SMILES string of the molecule is O=C(c1ccc(-c2cncs2)nc1)N1CCC(O)CC1. The molecular weight excluding hydrogens is 274 g/mol. The van der Waals surface area contributed by atoms with Crippen LogP contribution in [0.2, 0.25) is 0 Å². The molecule has 2 aromatic heterocycles. The fourth-order valence-corrected chi connectivity index (χ4v) is 2.86. The zero-order valence-electron chi connectivity index (χ0n) is 10.9. The summed E-state index contributed by atoms with van der Waals surface area (Å²) < 4.78 is 0. The normalized spacial score (nSPS) is 16.4. The number of carbonyl (C=O) groups excluding carboxylic acids is 1. The number of pyridine rings is 1. The molecule has 6 heteroatoms. The van der Waals surface area contributed by atoms with Crippen LogP contribution >= 0.6 is 11.3 Å². The predicted molar refractivity (Wildman–Crippen MR) is 76.5 cm³/mol. The number of aliphatic hydroxyl groups excluding tert-OH is 1. The maximum Gasteiger partial charge on any atom is 0.255 e. The number of amides is 1. The Labute approximate surface area is 120 Å². The Balaban J connectivity index is 1.73. The first-order valence-electron chi connectivity index (χ1n) is 6.56. The minimum Gasteiger partial charge on any atom is -0.393 e. The van der Waals surface area contributed by atoms with Gasteiger partial charge in [-0.1, -0.05) is 0 Å². The number of thiazole rings is 1. The number of likely N-dealkylation sites (tertiary alicyclic amines) is 1. The van der Waals surface area contributed by atoms with Crippen molar-refractivity contribution in [2.75, 3.05) is 13.1 Å². The van der Waals surface area contributed by atoms with Gasteiger partial charge in [-0.2, -0.15) is 0 Å². The molecule has 1 amide bonds. The first-order chi connectivity index (χ1) is 9.74. The molecule has 0 spiro atoms. The minimum atomic E-state index is -0.272. The fourth-order valence-electron chi connectivity index (χ4n) is 2.26. The van der Waals surface area contributed by atoms with Gasteiger partial charge in [0, 0.05) is 25.5 Å². The summed E-state index contributed by atoms with van der Waals surface area (Å²) in [5.41, 5.74) is 3.18. The van der Waals surface area contributed by atoms with E-state index in [-0.39, 0.29) is 12.0 Å². The van der Waals surface area contributed by atoms with Crippen LogP contribution in [-0.2, 0) is 0 Å². The molecule has 1 fully saturated rings. The molecule has 0 aromatic carbocycles. The second kappa shape index (κ2) is 5.68. The molecular formula is C14H15N3O2S. The molecule has 0 bridgehead atoms. The van der Waals surface area contributed by atoms with Gasteiger partial charge >= 0.3 is 0 Å². The second-order valence-corrected chi connectivity index (χ2v) is 5.71. The molecule has 1 aliphatic rings. The van der Waals surface area contributed by atoms with Gasteiger partial charge in [0.05, 0.1) is 27.7 Å². The Morgan fingerprint density at radius 1 is 1.30 bits per heavy atom. The van der Waals surface area contributed by atoms with Crippen LogP contribution in [-0.4, -0.2) is 45.1 Å². The standard InChI is InChI=1S/C14H15N3O2S/c18-11-3-5-17(6-4-11)14(19)10-1-2-12(16-7-10)13-8-15-9-20-13/h1-2,7-9,11,18H,3-6H2. The summed E-state index contributed by atoms with van der Waals surface area (Å²) in [5.74, 6) is -0.0137. The van der Waals surface area contributed by atoms with Gasteiger partial charge in [0.1, 0.15) is 0 Å². The maximum absolute atomic E-state index is 12.3. The second-order valence-electron chi connectivity index (χ2n) is 4.82. The van der Waals surface area contributed by atoms with E-state index in [2.05, 4.69) is 9.97 Å². The van der Waals surface area contributed by atoms with Crippen molar-refractivity contribution in [3.8, 4) is 10.6 Å². The van der Waals surface area contributed by atoms with E-state index in [0.717, 1.165) is 10.6 Å². The molecule has 104 valence electrons. The maximum atomic E-state index is 12.3. The van der Waals surface area contributed by atoms with Gasteiger partial charge in [0.25, 0.3) is 5.91 Å². The van der Waals surface area contributed by atoms with E-state index in [1.165, 1.54) is 11.3 Å². The van der Waals surface area contributed by atoms with Crippen molar-refractivity contribution in [1.82, 2.24) is 14.9 Å². The number of carbonyl (C=O) groups is 1. The topological polar surface area (TPSA) is 66.3 Å². The Morgan fingerprint density at radius 2 is 2.10 bits per heavy atom. The number of rotatable bonds is 2. The Hall–Kier alpha value is -1.79. The van der Waals surface area contributed by atoms with Crippen LogP contribution in [0.25, 0.3) is 10.6 Å². The Morgan fingerprint density at radius 3 is 2.70 bits per heavy atom. The summed E-state index contributed by atoms with van der Waals surface area (Å²) in [5, 5.41) is 9.47. The van der Waals surface area contributed by atoms with Crippen molar-refractivity contribution < 1.29 is 9.90 Å². The number of hydrogen-bond donors (Lipinski definition) is 1. The van der Waals surface area contributed by atoms with Gasteiger partial charge in [0.2, 0.25) is 0 Å². The summed E-state index contributed by atoms with van der Waals surface area (Å²) in [6.45, 7) is 1.22. The van der Waals surface area contributed by atoms with Gasteiger partial charge in [-0.05, 0) is 25.0 Å². The third-order valence-corrected chi connectivity index (χ3v) is 4.24. The largest absolute Gasteiger partial charge is 0.393 e. The summed E-state index contributed by atoms with van der Waals surface area (Å²) in [7, 11) is 0. The highest BCUT2D eigenvalue weighted by molar-refractivity contribution is 7.13. The third-order valence-electron chi connectivity index (χ3n) is 3.45. The summed E-state index contributed by atoms with van der Waals surface area (Å²) >= 11 is 1.52. The summed E-state index contributed by atoms with van der Waals surface area (Å²) in [4.78, 5) is 23.4. The quantitative estimate of drug-likeness (QED) is 0.915. The van der Waals surface area contributed by atoms with Gasteiger partial charge in [0.15, 0.2) is 0 Å². The molecule has 5 nitrogen and oxygen atoms in total. The highest BCUT2D eigenvalue weighted by Crippen LogP contribution is 2.21. The molecule has 3 heterocycles. The molecule has 20 heavy (non-hydrogen) atoms. The number of aromatic nitrogens is 2. The van der Waals surface area contributed by atoms with Gasteiger partial charge in [-0.15, -0.1) is 11.3 Å². The molecule has 0 radical (unpaired) electrons. The van der Waals surface area contributed by atoms with Crippen LogP contribution in [0, 0.1) is 0 Å². The van der Waals surface area contributed by atoms with Crippen LogP contribution < -0.4 is 0 Å². The lowest BCUT2D eigenvalue weighted by Gasteiger charge is -2.29. The van der Waals surface area contributed by atoms with Gasteiger partial charge in [-0.3, -0.25) is 14.8 Å². The van der Waals surface area contributed by atoms with E-state index in [0.29, 0.717) is 31.5 Å². The van der Waals surface area contributed by atoms with E-state index in [9.17, 15) is 9.90 Å². The van der Waals surface area contributed by atoms with Crippen molar-refractivity contribution in [2.24, 2.45) is 0 Å². The smallest absolute Gasteiger partial charge is 0.255 e. The minimum absolute atomic E-state index is 0.0137. The highest BCUT2D eigenvalue weighted by atomic mass is 32.1. The average Bonchev–Trinajstić information content (AvgIpc) is 3.02. The molecule has 0 atom stereocenters. The zero-order chi connectivity index (χ0) is 13.9. The Bertz CT molecular complexity index is 575. The summed E-state index contributed by atoms with van der Waals surface area (Å²) in [6, 6.07) is 3.65. The molecule has 0 aliphatic carbocycles. The molecule has 3 rings (SSSR count). The number of hydrogen-bond acceptors (Lipinski definition) is 5. The molecule has 1 aliphatic heterocycles. The van der Waals surface area contributed by atoms with E-state index < -0.39 is 0 Å². The van der Waals surface area contributed by atoms with Gasteiger partial charge < -0.3 is 10.0 Å². The average molecular weight is 289 g/mol. The molecule has 0 saturated carbocycles. The summed E-state index contributed by atoms with van der Waals surface area (Å²) in [6.07, 6.45) is 4.41. The molecule has 1 N–H and O–H groups in total. The van der Waals surface area contributed by atoms with Gasteiger partial charge in [-0.25, -0.2) is 0 Å². The van der Waals surface area contributed by atoms with Crippen LogP contribution in [0.1, 0.15) is 23.2 Å². The molecule has 1 saturated heterocycles. The monoisotopic (exact) mass is 289 g/mol. The lowest BCUT2D eigenvalue weighted by atomic mass is 10.1. The number of aliphatic hydroxyl groups is 1. The molecule has 2 aromatic rings. The predicted octanol–water partition coefficient (Wildman–Crippen LogP) is 1.80. The highest BCUT2D eigenvalue weighted by Gasteiger charge is 2.22.